The summed E-state index contributed by atoms with van der Waals surface area (Å²) in [5.41, 5.74) is 7.67. The predicted octanol–water partition coefficient (Wildman–Crippen LogP) is 0.347. The minimum atomic E-state index is -3.96. The van der Waals surface area contributed by atoms with Crippen LogP contribution in [0.5, 0.6) is 5.75 Å². The number of nitrogens with zero attached hydrogens (tertiary/aromatic N) is 3. The predicted molar refractivity (Wildman–Crippen MR) is 99.4 cm³/mol. The van der Waals surface area contributed by atoms with Crippen molar-refractivity contribution in [1.82, 2.24) is 14.8 Å². The van der Waals surface area contributed by atoms with Gasteiger partial charge in [0.15, 0.2) is 6.23 Å². The number of fused-ring (bicyclic) bond motifs is 1. The standard InChI is InChI=1S/C17H21N4O8P/c1-8-3-9(2)14-10(4-8)5-26-30(25,29-14)27-6-11-12(22)13(23)17(28-11)21-7-19-16(20-21)15(18)24/h3-4,7,11-13,17,22-23H,5-6H2,1-2H3,(H2,18,24)/t11-,12-,13-,17-,30?/m1/s1. The molecule has 1 unspecified atom stereocenters. The highest BCUT2D eigenvalue weighted by Gasteiger charge is 2.46. The highest BCUT2D eigenvalue weighted by atomic mass is 31.2. The van der Waals surface area contributed by atoms with E-state index in [1.807, 2.05) is 26.0 Å². The first-order valence-electron chi connectivity index (χ1n) is 9.08. The number of rotatable bonds is 5. The molecule has 2 aliphatic rings. The van der Waals surface area contributed by atoms with Gasteiger partial charge in [-0.15, -0.1) is 5.10 Å². The average molecular weight is 440 g/mol. The van der Waals surface area contributed by atoms with Crippen LogP contribution in [-0.4, -0.2) is 55.8 Å². The van der Waals surface area contributed by atoms with E-state index in [1.165, 1.54) is 0 Å². The summed E-state index contributed by atoms with van der Waals surface area (Å²) in [5, 5.41) is 24.3. The van der Waals surface area contributed by atoms with Gasteiger partial charge in [-0.3, -0.25) is 13.8 Å². The number of carbonyl (C=O) groups excluding carboxylic acids is 1. The van der Waals surface area contributed by atoms with Crippen LogP contribution in [0.15, 0.2) is 18.5 Å². The maximum Gasteiger partial charge on any atom is 0.530 e. The summed E-state index contributed by atoms with van der Waals surface area (Å²) in [4.78, 5) is 14.8. The van der Waals surface area contributed by atoms with E-state index in [-0.39, 0.29) is 19.0 Å². The van der Waals surface area contributed by atoms with Gasteiger partial charge < -0.3 is 25.2 Å². The summed E-state index contributed by atoms with van der Waals surface area (Å²) in [6.07, 6.45) is -3.86. The topological polar surface area (TPSA) is 168 Å². The number of ether oxygens (including phenoxy) is 1. The van der Waals surface area contributed by atoms with E-state index in [9.17, 15) is 19.6 Å². The Morgan fingerprint density at radius 1 is 1.37 bits per heavy atom. The fourth-order valence-corrected chi connectivity index (χ4v) is 4.68. The number of nitrogens with two attached hydrogens (primary N) is 1. The number of aliphatic hydroxyl groups excluding tert-OH is 2. The van der Waals surface area contributed by atoms with Gasteiger partial charge in [0.25, 0.3) is 5.91 Å². The van der Waals surface area contributed by atoms with Crippen LogP contribution in [0, 0.1) is 13.8 Å². The van der Waals surface area contributed by atoms with E-state index < -0.39 is 38.3 Å². The van der Waals surface area contributed by atoms with E-state index in [4.69, 9.17) is 24.0 Å². The van der Waals surface area contributed by atoms with Crippen molar-refractivity contribution in [3.8, 4) is 5.75 Å². The van der Waals surface area contributed by atoms with Gasteiger partial charge in [-0.05, 0) is 19.4 Å². The van der Waals surface area contributed by atoms with Crippen LogP contribution in [0.1, 0.15) is 33.5 Å². The molecule has 12 nitrogen and oxygen atoms in total. The molecule has 0 radical (unpaired) electrons. The van der Waals surface area contributed by atoms with E-state index >= 15 is 0 Å². The number of carbonyl (C=O) groups is 1. The molecule has 2 aliphatic heterocycles. The smallest absolute Gasteiger partial charge is 0.403 e. The van der Waals surface area contributed by atoms with Crippen molar-refractivity contribution in [2.45, 2.75) is 45.0 Å². The molecule has 162 valence electrons. The number of primary amides is 1. The Kier molecular flexibility index (Phi) is 5.39. The number of aryl methyl sites for hydroxylation is 2. The van der Waals surface area contributed by atoms with Crippen LogP contribution in [0.4, 0.5) is 0 Å². The van der Waals surface area contributed by atoms with Gasteiger partial charge >= 0.3 is 7.82 Å². The van der Waals surface area contributed by atoms with Crippen LogP contribution in [0.2, 0.25) is 0 Å². The highest BCUT2D eigenvalue weighted by molar-refractivity contribution is 7.49. The number of benzene rings is 1. The Morgan fingerprint density at radius 3 is 2.83 bits per heavy atom. The second kappa shape index (κ2) is 7.73. The zero-order valence-corrected chi connectivity index (χ0v) is 17.1. The lowest BCUT2D eigenvalue weighted by Crippen LogP contribution is -2.34. The van der Waals surface area contributed by atoms with E-state index in [1.54, 1.807) is 0 Å². The van der Waals surface area contributed by atoms with Gasteiger partial charge in [0.2, 0.25) is 5.82 Å². The zero-order valence-electron chi connectivity index (χ0n) is 16.2. The fraction of sp³-hybridized carbons (Fsp3) is 0.471. The summed E-state index contributed by atoms with van der Waals surface area (Å²) in [5.74, 6) is -0.683. The number of amides is 1. The molecule has 13 heteroatoms. The summed E-state index contributed by atoms with van der Waals surface area (Å²) >= 11 is 0. The molecule has 4 N–H and O–H groups in total. The van der Waals surface area contributed by atoms with Crippen LogP contribution >= 0.6 is 7.82 Å². The first-order valence-corrected chi connectivity index (χ1v) is 10.5. The lowest BCUT2D eigenvalue weighted by Gasteiger charge is -2.27. The monoisotopic (exact) mass is 440 g/mol. The third kappa shape index (κ3) is 3.85. The Hall–Kier alpha value is -2.34. The van der Waals surface area contributed by atoms with Gasteiger partial charge in [-0.1, -0.05) is 17.7 Å². The summed E-state index contributed by atoms with van der Waals surface area (Å²) in [6, 6.07) is 3.76. The van der Waals surface area contributed by atoms with Crippen LogP contribution in [0.25, 0.3) is 0 Å². The zero-order chi connectivity index (χ0) is 21.6. The summed E-state index contributed by atoms with van der Waals surface area (Å²) < 4.78 is 35.6. The molecule has 2 aromatic rings. The number of phosphoric acid groups is 1. The Labute approximate surface area is 171 Å². The maximum atomic E-state index is 12.9. The maximum absolute atomic E-state index is 12.9. The molecule has 4 rings (SSSR count). The van der Waals surface area contributed by atoms with Crippen molar-refractivity contribution >= 4 is 13.7 Å². The molecule has 0 aliphatic carbocycles. The molecular weight excluding hydrogens is 419 g/mol. The van der Waals surface area contributed by atoms with Gasteiger partial charge in [0, 0.05) is 5.56 Å². The largest absolute Gasteiger partial charge is 0.530 e. The van der Waals surface area contributed by atoms with Crippen LogP contribution in [0.3, 0.4) is 0 Å². The molecule has 30 heavy (non-hydrogen) atoms. The number of aliphatic hydroxyl groups is 2. The number of hydrogen-bond acceptors (Lipinski definition) is 10. The van der Waals surface area contributed by atoms with Gasteiger partial charge in [0.1, 0.15) is 30.4 Å². The van der Waals surface area contributed by atoms with E-state index in [2.05, 4.69) is 10.1 Å². The lowest BCUT2D eigenvalue weighted by atomic mass is 10.1. The number of aromatic nitrogens is 3. The molecule has 0 bridgehead atoms. The molecule has 0 saturated carbocycles. The molecule has 3 heterocycles. The second-order valence-corrected chi connectivity index (χ2v) is 8.73. The third-order valence-electron chi connectivity index (χ3n) is 4.80. The second-order valence-electron chi connectivity index (χ2n) is 7.14. The highest BCUT2D eigenvalue weighted by Crippen LogP contribution is 2.55. The number of phosphoric ester groups is 1. The van der Waals surface area contributed by atoms with Crippen molar-refractivity contribution < 1.29 is 37.9 Å². The van der Waals surface area contributed by atoms with Gasteiger partial charge in [-0.25, -0.2) is 14.2 Å². The summed E-state index contributed by atoms with van der Waals surface area (Å²) in [6.45, 7) is 3.41. The number of hydrogen-bond donors (Lipinski definition) is 3. The molecule has 1 aromatic carbocycles. The van der Waals surface area contributed by atoms with Crippen molar-refractivity contribution in [2.24, 2.45) is 5.73 Å². The van der Waals surface area contributed by atoms with Crippen molar-refractivity contribution in [3.63, 3.8) is 0 Å². The van der Waals surface area contributed by atoms with Crippen molar-refractivity contribution in [1.29, 1.82) is 0 Å². The normalized spacial score (nSPS) is 30.7. The minimum absolute atomic E-state index is 0.0449. The first-order chi connectivity index (χ1) is 14.2. The lowest BCUT2D eigenvalue weighted by molar-refractivity contribution is -0.0591. The van der Waals surface area contributed by atoms with Gasteiger partial charge in [-0.2, -0.15) is 0 Å². The molecule has 1 amide bonds. The average Bonchev–Trinajstić information content (AvgIpc) is 3.28. The summed E-state index contributed by atoms with van der Waals surface area (Å²) in [7, 11) is -3.96. The first kappa shape index (κ1) is 20.9. The van der Waals surface area contributed by atoms with Crippen LogP contribution in [-0.2, 0) is 25.0 Å². The van der Waals surface area contributed by atoms with Crippen LogP contribution < -0.4 is 10.3 Å². The molecule has 1 aromatic heterocycles. The molecule has 0 spiro atoms. The van der Waals surface area contributed by atoms with Gasteiger partial charge in [0.05, 0.1) is 13.2 Å². The van der Waals surface area contributed by atoms with E-state index in [0.717, 1.165) is 27.7 Å². The Morgan fingerprint density at radius 2 is 2.13 bits per heavy atom. The third-order valence-corrected chi connectivity index (χ3v) is 6.12. The van der Waals surface area contributed by atoms with Crippen molar-refractivity contribution in [3.05, 3.63) is 41.0 Å². The van der Waals surface area contributed by atoms with Crippen molar-refractivity contribution in [2.75, 3.05) is 6.61 Å². The minimum Gasteiger partial charge on any atom is -0.403 e. The molecule has 5 atom stereocenters. The Balaban J connectivity index is 1.43. The SMILES string of the molecule is Cc1cc(C)c2c(c1)COP(=O)(OC[C@H]1O[C@@H](n3cnc(C(N)=O)n3)[C@H](O)[C@@H]1O)O2. The molecular formula is C17H21N4O8P. The molecule has 1 saturated heterocycles. The molecule has 1 fully saturated rings. The quantitative estimate of drug-likeness (QED) is 0.552. The Bertz CT molecular complexity index is 1030. The van der Waals surface area contributed by atoms with E-state index in [0.29, 0.717) is 5.75 Å². The fourth-order valence-electron chi connectivity index (χ4n) is 3.39.